The van der Waals surface area contributed by atoms with E-state index in [0.29, 0.717) is 17.5 Å². The summed E-state index contributed by atoms with van der Waals surface area (Å²) >= 11 is 1.50. The summed E-state index contributed by atoms with van der Waals surface area (Å²) in [5.41, 5.74) is 1.93. The van der Waals surface area contributed by atoms with Gasteiger partial charge in [-0.25, -0.2) is 15.8 Å². The SMILES string of the molecule is CSc1nc(NN)cc(N2CCN(CC(C)(C)O)CC2)n1. The number of nitrogens with one attached hydrogen (secondary N) is 1. The molecule has 2 heterocycles. The third-order valence-corrected chi connectivity index (χ3v) is 3.88. The molecule has 118 valence electrons. The van der Waals surface area contributed by atoms with Crippen LogP contribution in [-0.2, 0) is 0 Å². The lowest BCUT2D eigenvalue weighted by molar-refractivity contribution is 0.0344. The topological polar surface area (TPSA) is 90.5 Å². The van der Waals surface area contributed by atoms with Crippen LogP contribution in [-0.4, -0.2) is 64.6 Å². The van der Waals surface area contributed by atoms with Crippen LogP contribution in [0.4, 0.5) is 11.6 Å². The van der Waals surface area contributed by atoms with Gasteiger partial charge in [0.25, 0.3) is 0 Å². The van der Waals surface area contributed by atoms with Crippen LogP contribution in [0, 0.1) is 0 Å². The van der Waals surface area contributed by atoms with E-state index >= 15 is 0 Å². The van der Waals surface area contributed by atoms with Crippen LogP contribution in [0.15, 0.2) is 11.2 Å². The number of rotatable bonds is 5. The number of aromatic nitrogens is 2. The van der Waals surface area contributed by atoms with Crippen molar-refractivity contribution in [2.75, 3.05) is 49.3 Å². The zero-order chi connectivity index (χ0) is 15.5. The summed E-state index contributed by atoms with van der Waals surface area (Å²) in [5, 5.41) is 10.6. The van der Waals surface area contributed by atoms with E-state index in [1.54, 1.807) is 0 Å². The lowest BCUT2D eigenvalue weighted by atomic mass is 10.1. The molecule has 2 rings (SSSR count). The molecule has 0 unspecified atom stereocenters. The van der Waals surface area contributed by atoms with E-state index in [1.165, 1.54) is 11.8 Å². The van der Waals surface area contributed by atoms with E-state index in [0.717, 1.165) is 32.0 Å². The Labute approximate surface area is 129 Å². The Morgan fingerprint density at radius 2 is 2.00 bits per heavy atom. The third kappa shape index (κ3) is 4.70. The molecule has 4 N–H and O–H groups in total. The van der Waals surface area contributed by atoms with Gasteiger partial charge < -0.3 is 15.4 Å². The molecule has 1 aliphatic rings. The van der Waals surface area contributed by atoms with Crippen molar-refractivity contribution >= 4 is 23.4 Å². The highest BCUT2D eigenvalue weighted by Gasteiger charge is 2.23. The van der Waals surface area contributed by atoms with E-state index < -0.39 is 5.60 Å². The molecule has 21 heavy (non-hydrogen) atoms. The highest BCUT2D eigenvalue weighted by atomic mass is 32.2. The first-order valence-corrected chi connectivity index (χ1v) is 8.23. The smallest absolute Gasteiger partial charge is 0.191 e. The second kappa shape index (κ2) is 6.78. The molecule has 0 aliphatic carbocycles. The van der Waals surface area contributed by atoms with Crippen LogP contribution >= 0.6 is 11.8 Å². The molecule has 8 heteroatoms. The van der Waals surface area contributed by atoms with Gasteiger partial charge in [0.15, 0.2) is 5.16 Å². The van der Waals surface area contributed by atoms with Crippen molar-refractivity contribution in [2.45, 2.75) is 24.6 Å². The van der Waals surface area contributed by atoms with Crippen molar-refractivity contribution in [1.82, 2.24) is 14.9 Å². The largest absolute Gasteiger partial charge is 0.389 e. The van der Waals surface area contributed by atoms with Crippen molar-refractivity contribution in [3.63, 3.8) is 0 Å². The lowest BCUT2D eigenvalue weighted by Crippen LogP contribution is -2.50. The zero-order valence-electron chi connectivity index (χ0n) is 12.8. The molecule has 1 aromatic heterocycles. The van der Waals surface area contributed by atoms with Crippen LogP contribution < -0.4 is 16.2 Å². The van der Waals surface area contributed by atoms with Crippen molar-refractivity contribution in [1.29, 1.82) is 0 Å². The fourth-order valence-corrected chi connectivity index (χ4v) is 2.80. The van der Waals surface area contributed by atoms with Crippen molar-refractivity contribution < 1.29 is 5.11 Å². The molecular weight excluding hydrogens is 288 g/mol. The summed E-state index contributed by atoms with van der Waals surface area (Å²) in [7, 11) is 0. The first kappa shape index (κ1) is 16.3. The number of nitrogens with zero attached hydrogens (tertiary/aromatic N) is 4. The van der Waals surface area contributed by atoms with E-state index in [2.05, 4.69) is 25.2 Å². The summed E-state index contributed by atoms with van der Waals surface area (Å²) in [4.78, 5) is 13.3. The molecule has 0 atom stereocenters. The highest BCUT2D eigenvalue weighted by Crippen LogP contribution is 2.21. The van der Waals surface area contributed by atoms with E-state index in [-0.39, 0.29) is 0 Å². The predicted molar refractivity (Wildman–Crippen MR) is 86.6 cm³/mol. The number of nitrogen functional groups attached to an aromatic ring is 1. The average molecular weight is 312 g/mol. The molecule has 0 spiro atoms. The van der Waals surface area contributed by atoms with Gasteiger partial charge in [0.2, 0.25) is 0 Å². The van der Waals surface area contributed by atoms with Gasteiger partial charge in [-0.05, 0) is 20.1 Å². The Balaban J connectivity index is 2.02. The summed E-state index contributed by atoms with van der Waals surface area (Å²) in [6.07, 6.45) is 1.95. The predicted octanol–water partition coefficient (Wildman–Crippen LogP) is 0.377. The Morgan fingerprint density at radius 3 is 2.52 bits per heavy atom. The number of anilines is 2. The number of β-amino-alcohol motifs (C(OH)–C–C–N with tert-alkyl or cyclic N) is 1. The standard InChI is InChI=1S/C13H24N6OS/c1-13(2,20)9-18-4-6-19(7-5-18)11-8-10(17-14)15-12(16-11)21-3/h8,20H,4-7,9,14H2,1-3H3,(H,15,16,17). The number of hydrazine groups is 1. The van der Waals surface area contributed by atoms with Gasteiger partial charge in [-0.2, -0.15) is 0 Å². The Kier molecular flexibility index (Phi) is 5.26. The summed E-state index contributed by atoms with van der Waals surface area (Å²) in [5.74, 6) is 6.98. The van der Waals surface area contributed by atoms with Gasteiger partial charge >= 0.3 is 0 Å². The van der Waals surface area contributed by atoms with Crippen LogP contribution in [0.2, 0.25) is 0 Å². The third-order valence-electron chi connectivity index (χ3n) is 3.33. The van der Waals surface area contributed by atoms with Gasteiger partial charge in [0, 0.05) is 38.8 Å². The molecule has 1 saturated heterocycles. The molecular formula is C13H24N6OS. The number of aliphatic hydroxyl groups is 1. The summed E-state index contributed by atoms with van der Waals surface area (Å²) in [6.45, 7) is 7.95. The minimum absolute atomic E-state index is 0.628. The minimum atomic E-state index is -0.653. The maximum absolute atomic E-state index is 9.89. The van der Waals surface area contributed by atoms with Gasteiger partial charge in [0.05, 0.1) is 5.60 Å². The average Bonchev–Trinajstić information content (AvgIpc) is 2.45. The van der Waals surface area contributed by atoms with Gasteiger partial charge in [-0.3, -0.25) is 4.90 Å². The number of thioether (sulfide) groups is 1. The molecule has 1 fully saturated rings. The molecule has 7 nitrogen and oxygen atoms in total. The maximum atomic E-state index is 9.89. The quantitative estimate of drug-likeness (QED) is 0.311. The van der Waals surface area contributed by atoms with Gasteiger partial charge in [-0.15, -0.1) is 0 Å². The minimum Gasteiger partial charge on any atom is -0.389 e. The number of piperazine rings is 1. The number of nitrogens with two attached hydrogens (primary N) is 1. The van der Waals surface area contributed by atoms with Gasteiger partial charge in [-0.1, -0.05) is 11.8 Å². The Hall–Kier alpha value is -1.09. The molecule has 1 aromatic rings. The maximum Gasteiger partial charge on any atom is 0.191 e. The summed E-state index contributed by atoms with van der Waals surface area (Å²) in [6, 6.07) is 1.87. The zero-order valence-corrected chi connectivity index (χ0v) is 13.7. The molecule has 0 radical (unpaired) electrons. The Bertz CT molecular complexity index is 448. The lowest BCUT2D eigenvalue weighted by Gasteiger charge is -2.37. The van der Waals surface area contributed by atoms with E-state index in [1.807, 2.05) is 26.2 Å². The van der Waals surface area contributed by atoms with Crippen molar-refractivity contribution in [3.8, 4) is 0 Å². The van der Waals surface area contributed by atoms with Crippen molar-refractivity contribution in [2.24, 2.45) is 5.84 Å². The highest BCUT2D eigenvalue weighted by molar-refractivity contribution is 7.98. The fraction of sp³-hybridized carbons (Fsp3) is 0.692. The molecule has 0 amide bonds. The van der Waals surface area contributed by atoms with Crippen molar-refractivity contribution in [3.05, 3.63) is 6.07 Å². The second-order valence-corrected chi connectivity index (χ2v) is 6.59. The number of hydrogen-bond acceptors (Lipinski definition) is 8. The van der Waals surface area contributed by atoms with Gasteiger partial charge in [0.1, 0.15) is 11.6 Å². The molecule has 0 aromatic carbocycles. The van der Waals surface area contributed by atoms with Crippen LogP contribution in [0.3, 0.4) is 0 Å². The normalized spacial score (nSPS) is 17.1. The van der Waals surface area contributed by atoms with Crippen LogP contribution in [0.25, 0.3) is 0 Å². The van der Waals surface area contributed by atoms with Crippen LogP contribution in [0.5, 0.6) is 0 Å². The fourth-order valence-electron chi connectivity index (χ4n) is 2.42. The Morgan fingerprint density at radius 1 is 1.33 bits per heavy atom. The molecule has 0 bridgehead atoms. The number of hydrogen-bond donors (Lipinski definition) is 3. The monoisotopic (exact) mass is 312 g/mol. The van der Waals surface area contributed by atoms with E-state index in [9.17, 15) is 5.11 Å². The van der Waals surface area contributed by atoms with E-state index in [4.69, 9.17) is 5.84 Å². The van der Waals surface area contributed by atoms with Crippen LogP contribution in [0.1, 0.15) is 13.8 Å². The summed E-state index contributed by atoms with van der Waals surface area (Å²) < 4.78 is 0. The first-order valence-electron chi connectivity index (χ1n) is 7.00. The second-order valence-electron chi connectivity index (χ2n) is 5.82. The molecule has 1 aliphatic heterocycles. The molecule has 0 saturated carbocycles. The first-order chi connectivity index (χ1) is 9.91.